The predicted molar refractivity (Wildman–Crippen MR) is 270 cm³/mol. The second-order valence-electron chi connectivity index (χ2n) is 16.0. The molecule has 11 aromatic carbocycles. The van der Waals surface area contributed by atoms with Crippen LogP contribution in [0.3, 0.4) is 0 Å². The first-order valence-corrected chi connectivity index (χ1v) is 22.1. The first-order valence-electron chi connectivity index (χ1n) is 21.3. The number of rotatable bonds is 5. The first kappa shape index (κ1) is 36.1. The Labute approximate surface area is 364 Å². The van der Waals surface area contributed by atoms with Crippen molar-refractivity contribution in [2.24, 2.45) is 0 Å². The Morgan fingerprint density at radius 2 is 0.597 bits per heavy atom. The second kappa shape index (κ2) is 15.0. The van der Waals surface area contributed by atoms with Crippen molar-refractivity contribution in [1.82, 2.24) is 0 Å². The van der Waals surface area contributed by atoms with Crippen LogP contribution in [0.1, 0.15) is 0 Å². The van der Waals surface area contributed by atoms with Crippen LogP contribution in [-0.2, 0) is 0 Å². The normalized spacial score (nSPS) is 11.5. The first-order chi connectivity index (χ1) is 30.8. The molecule has 1 heterocycles. The highest BCUT2D eigenvalue weighted by Crippen LogP contribution is 2.45. The number of fused-ring (bicyclic) bond motifs is 14. The summed E-state index contributed by atoms with van der Waals surface area (Å²) in [6.45, 7) is 0. The Bertz CT molecular complexity index is 3640. The molecule has 290 valence electrons. The summed E-state index contributed by atoms with van der Waals surface area (Å²) in [5.74, 6) is 0. The molecule has 0 bridgehead atoms. The van der Waals surface area contributed by atoms with Gasteiger partial charge in [-0.1, -0.05) is 194 Å². The van der Waals surface area contributed by atoms with Gasteiger partial charge in [0.2, 0.25) is 0 Å². The van der Waals surface area contributed by atoms with Gasteiger partial charge in [0.1, 0.15) is 0 Å². The molecule has 0 aliphatic heterocycles. The van der Waals surface area contributed by atoms with E-state index >= 15 is 0 Å². The third kappa shape index (κ3) is 6.07. The molecule has 0 saturated heterocycles. The number of nitrogens with zero attached hydrogens (tertiary/aromatic N) is 1. The van der Waals surface area contributed by atoms with Crippen LogP contribution in [0, 0.1) is 0 Å². The maximum absolute atomic E-state index is 2.43. The van der Waals surface area contributed by atoms with Crippen LogP contribution in [0.5, 0.6) is 0 Å². The van der Waals surface area contributed by atoms with Gasteiger partial charge in [0.05, 0.1) is 0 Å². The third-order valence-electron chi connectivity index (χ3n) is 12.5. The van der Waals surface area contributed by atoms with Crippen molar-refractivity contribution in [3.8, 4) is 22.3 Å². The molecule has 0 unspecified atom stereocenters. The molecule has 1 aromatic heterocycles. The van der Waals surface area contributed by atoms with Gasteiger partial charge in [-0.25, -0.2) is 0 Å². The van der Waals surface area contributed by atoms with Gasteiger partial charge >= 0.3 is 0 Å². The third-order valence-corrected chi connectivity index (χ3v) is 13.7. The van der Waals surface area contributed by atoms with E-state index < -0.39 is 0 Å². The van der Waals surface area contributed by atoms with Crippen LogP contribution in [0.4, 0.5) is 17.1 Å². The van der Waals surface area contributed by atoms with Crippen LogP contribution in [-0.4, -0.2) is 0 Å². The Hall–Kier alpha value is -7.78. The molecule has 0 N–H and O–H groups in total. The molecule has 0 aliphatic rings. The van der Waals surface area contributed by atoms with Crippen molar-refractivity contribution in [3.05, 3.63) is 237 Å². The van der Waals surface area contributed by atoms with Crippen LogP contribution >= 0.6 is 11.3 Å². The van der Waals surface area contributed by atoms with Gasteiger partial charge in [-0.2, -0.15) is 0 Å². The van der Waals surface area contributed by atoms with E-state index in [1.807, 2.05) is 11.3 Å². The van der Waals surface area contributed by atoms with E-state index in [0.29, 0.717) is 0 Å². The fraction of sp³-hybridized carbons (Fsp3) is 0. The quantitative estimate of drug-likeness (QED) is 0.167. The lowest BCUT2D eigenvalue weighted by atomic mass is 9.93. The summed E-state index contributed by atoms with van der Waals surface area (Å²) in [6.07, 6.45) is 0. The highest BCUT2D eigenvalue weighted by atomic mass is 32.1. The van der Waals surface area contributed by atoms with Crippen molar-refractivity contribution in [2.75, 3.05) is 4.90 Å². The summed E-state index contributed by atoms with van der Waals surface area (Å²) in [5.41, 5.74) is 8.07. The maximum atomic E-state index is 2.43. The Morgan fingerprint density at radius 3 is 1.15 bits per heavy atom. The zero-order valence-corrected chi connectivity index (χ0v) is 34.7. The van der Waals surface area contributed by atoms with E-state index in [1.165, 1.54) is 96.3 Å². The fourth-order valence-corrected chi connectivity index (χ4v) is 10.8. The number of anilines is 3. The van der Waals surface area contributed by atoms with Crippen molar-refractivity contribution >= 4 is 102 Å². The average molecular weight is 806 g/mol. The van der Waals surface area contributed by atoms with E-state index in [-0.39, 0.29) is 0 Å². The molecule has 1 nitrogen and oxygen atoms in total. The fourth-order valence-electron chi connectivity index (χ4n) is 9.57. The highest BCUT2D eigenvalue weighted by Gasteiger charge is 2.18. The van der Waals surface area contributed by atoms with Gasteiger partial charge in [0.25, 0.3) is 0 Å². The lowest BCUT2D eigenvalue weighted by Crippen LogP contribution is -2.09. The molecule has 0 atom stereocenters. The standard InChI is InChI=1S/C60H39NS/c1-3-15-40(16-4-1)42-27-31-44(32-28-42)61(45-33-29-43(30-34-45)41-17-5-2-6-18-41)46-35-36-52-55-37-38-56-53-24-13-14-26-58(53)62-60(56)59(55)54-25-12-11-22-50(54)48-20-8-7-19-47(48)49-21-9-10-23-51(49)57(52)39-46/h1-39H. The number of benzene rings is 10. The maximum Gasteiger partial charge on any atom is 0.0468 e. The average Bonchev–Trinajstić information content (AvgIpc) is 3.73. The van der Waals surface area contributed by atoms with E-state index in [2.05, 4.69) is 241 Å². The van der Waals surface area contributed by atoms with E-state index in [9.17, 15) is 0 Å². The predicted octanol–water partition coefficient (Wildman–Crippen LogP) is 17.7. The summed E-state index contributed by atoms with van der Waals surface area (Å²) in [5, 5.41) is 14.9. The zero-order chi connectivity index (χ0) is 41.0. The molecule has 12 aromatic rings. The lowest BCUT2D eigenvalue weighted by Gasteiger charge is -2.26. The topological polar surface area (TPSA) is 3.24 Å². The van der Waals surface area contributed by atoms with Crippen LogP contribution < -0.4 is 4.90 Å². The molecule has 0 aliphatic carbocycles. The molecule has 2 heteroatoms. The van der Waals surface area contributed by atoms with E-state index in [4.69, 9.17) is 0 Å². The molecule has 0 fully saturated rings. The van der Waals surface area contributed by atoms with E-state index in [0.717, 1.165) is 17.1 Å². The molecule has 0 amide bonds. The van der Waals surface area contributed by atoms with Crippen molar-refractivity contribution < 1.29 is 0 Å². The monoisotopic (exact) mass is 805 g/mol. The van der Waals surface area contributed by atoms with Gasteiger partial charge in [-0.05, 0) is 113 Å². The van der Waals surface area contributed by atoms with Gasteiger partial charge < -0.3 is 4.90 Å². The SMILES string of the molecule is c1ccc(-c2ccc(N(c3ccc(-c4ccccc4)cc3)c3ccc4c(c3)c3ccccc3c3ccccc3c3ccccc3c3c4ccc4c5ccccc5sc43)cc2)cc1. The Balaban J connectivity index is 1.20. The minimum atomic E-state index is 1.09. The van der Waals surface area contributed by atoms with Crippen molar-refractivity contribution in [2.45, 2.75) is 0 Å². The van der Waals surface area contributed by atoms with Crippen LogP contribution in [0.15, 0.2) is 237 Å². The number of hydrogen-bond acceptors (Lipinski definition) is 2. The van der Waals surface area contributed by atoms with Gasteiger partial charge in [0.15, 0.2) is 0 Å². The second-order valence-corrected chi connectivity index (χ2v) is 17.0. The van der Waals surface area contributed by atoms with E-state index in [1.54, 1.807) is 0 Å². The molecule has 0 saturated carbocycles. The zero-order valence-electron chi connectivity index (χ0n) is 33.9. The van der Waals surface area contributed by atoms with Crippen LogP contribution in [0.25, 0.3) is 96.3 Å². The summed E-state index contributed by atoms with van der Waals surface area (Å²) in [7, 11) is 0. The number of hydrogen-bond donors (Lipinski definition) is 0. The summed E-state index contributed by atoms with van der Waals surface area (Å²) in [6, 6.07) is 86.9. The molecule has 0 radical (unpaired) electrons. The summed E-state index contributed by atoms with van der Waals surface area (Å²) < 4.78 is 2.62. The van der Waals surface area contributed by atoms with Gasteiger partial charge in [-0.3, -0.25) is 0 Å². The lowest BCUT2D eigenvalue weighted by molar-refractivity contribution is 1.29. The molecular formula is C60H39NS. The summed E-state index contributed by atoms with van der Waals surface area (Å²) in [4.78, 5) is 2.41. The van der Waals surface area contributed by atoms with Gasteiger partial charge in [-0.15, -0.1) is 11.3 Å². The minimum Gasteiger partial charge on any atom is -0.310 e. The smallest absolute Gasteiger partial charge is 0.0468 e. The minimum absolute atomic E-state index is 1.09. The van der Waals surface area contributed by atoms with Crippen molar-refractivity contribution in [1.29, 1.82) is 0 Å². The Morgan fingerprint density at radius 1 is 0.242 bits per heavy atom. The largest absolute Gasteiger partial charge is 0.310 e. The number of thiophene rings is 1. The highest BCUT2D eigenvalue weighted by molar-refractivity contribution is 7.26. The molecule has 0 spiro atoms. The van der Waals surface area contributed by atoms with Gasteiger partial charge in [0, 0.05) is 42.6 Å². The van der Waals surface area contributed by atoms with Crippen molar-refractivity contribution in [3.63, 3.8) is 0 Å². The summed E-state index contributed by atoms with van der Waals surface area (Å²) >= 11 is 1.90. The molecule has 12 rings (SSSR count). The molecule has 62 heavy (non-hydrogen) atoms. The Kier molecular flexibility index (Phi) is 8.76. The molecular weight excluding hydrogens is 767 g/mol. The van der Waals surface area contributed by atoms with Crippen LogP contribution in [0.2, 0.25) is 0 Å².